The number of aliphatic carboxylic acids is 1. The molecule has 1 heterocycles. The lowest BCUT2D eigenvalue weighted by atomic mass is 10.0. The van der Waals surface area contributed by atoms with Crippen LogP contribution < -0.4 is 0 Å². The lowest BCUT2D eigenvalue weighted by molar-refractivity contribution is -0.142. The van der Waals surface area contributed by atoms with E-state index in [4.69, 9.17) is 5.11 Å². The van der Waals surface area contributed by atoms with Gasteiger partial charge in [0.15, 0.2) is 0 Å². The van der Waals surface area contributed by atoms with Crippen molar-refractivity contribution in [2.24, 2.45) is 0 Å². The summed E-state index contributed by atoms with van der Waals surface area (Å²) in [6.07, 6.45) is -5.00. The zero-order chi connectivity index (χ0) is 15.1. The van der Waals surface area contributed by atoms with Gasteiger partial charge in [-0.3, -0.25) is 4.79 Å². The van der Waals surface area contributed by atoms with E-state index in [2.05, 4.69) is 4.98 Å². The van der Waals surface area contributed by atoms with Crippen molar-refractivity contribution in [3.63, 3.8) is 0 Å². The molecular formula is C14H14F3NO2. The Morgan fingerprint density at radius 3 is 2.50 bits per heavy atom. The number of hydrogen-bond donors (Lipinski definition) is 2. The van der Waals surface area contributed by atoms with Crippen LogP contribution in [0.5, 0.6) is 0 Å². The fraction of sp³-hybridized carbons (Fsp3) is 0.357. The molecule has 0 aliphatic rings. The van der Waals surface area contributed by atoms with Crippen LogP contribution in [0.2, 0.25) is 0 Å². The van der Waals surface area contributed by atoms with Gasteiger partial charge >= 0.3 is 12.1 Å². The summed E-state index contributed by atoms with van der Waals surface area (Å²) in [7, 11) is 0. The zero-order valence-electron chi connectivity index (χ0n) is 11.1. The first kappa shape index (κ1) is 14.4. The fourth-order valence-electron chi connectivity index (χ4n) is 2.30. The molecule has 2 aromatic rings. The quantitative estimate of drug-likeness (QED) is 0.900. The first-order chi connectivity index (χ1) is 9.21. The van der Waals surface area contributed by atoms with Crippen molar-refractivity contribution in [2.45, 2.75) is 32.9 Å². The lowest BCUT2D eigenvalue weighted by Crippen LogP contribution is -2.10. The summed E-state index contributed by atoms with van der Waals surface area (Å²) in [6.45, 7) is 3.56. The SMILES string of the molecule is Cc1ccc2c(CCC(=O)O)c(C(F)(F)F)[nH]c2c1C. The number of fused-ring (bicyclic) bond motifs is 1. The summed E-state index contributed by atoms with van der Waals surface area (Å²) < 4.78 is 39.2. The van der Waals surface area contributed by atoms with E-state index in [1.54, 1.807) is 19.1 Å². The summed E-state index contributed by atoms with van der Waals surface area (Å²) in [5.41, 5.74) is 1.24. The van der Waals surface area contributed by atoms with E-state index in [1.165, 1.54) is 0 Å². The molecule has 2 N–H and O–H groups in total. The molecule has 0 saturated carbocycles. The topological polar surface area (TPSA) is 53.1 Å². The third-order valence-electron chi connectivity index (χ3n) is 3.49. The first-order valence-corrected chi connectivity index (χ1v) is 6.11. The van der Waals surface area contributed by atoms with Crippen LogP contribution in [0.3, 0.4) is 0 Å². The largest absolute Gasteiger partial charge is 0.481 e. The van der Waals surface area contributed by atoms with Crippen LogP contribution in [0.1, 0.15) is 28.8 Å². The standard InChI is InChI=1S/C14H14F3NO2/c1-7-3-4-9-10(5-6-11(19)20)13(14(15,16)17)18-12(9)8(7)2/h3-4,18H,5-6H2,1-2H3,(H,19,20). The third kappa shape index (κ3) is 2.50. The second kappa shape index (κ2) is 4.85. The van der Waals surface area contributed by atoms with Crippen LogP contribution in [-0.2, 0) is 17.4 Å². The van der Waals surface area contributed by atoms with Crippen LogP contribution in [0.4, 0.5) is 13.2 Å². The predicted octanol–water partition coefficient (Wildman–Crippen LogP) is 3.82. The van der Waals surface area contributed by atoms with Crippen molar-refractivity contribution in [2.75, 3.05) is 0 Å². The fourth-order valence-corrected chi connectivity index (χ4v) is 2.30. The third-order valence-corrected chi connectivity index (χ3v) is 3.49. The molecular weight excluding hydrogens is 271 g/mol. The van der Waals surface area contributed by atoms with Crippen molar-refractivity contribution in [1.82, 2.24) is 4.98 Å². The molecule has 3 nitrogen and oxygen atoms in total. The van der Waals surface area contributed by atoms with Gasteiger partial charge < -0.3 is 10.1 Å². The van der Waals surface area contributed by atoms with E-state index < -0.39 is 17.8 Å². The number of aromatic amines is 1. The average molecular weight is 285 g/mol. The Morgan fingerprint density at radius 1 is 1.30 bits per heavy atom. The van der Waals surface area contributed by atoms with Gasteiger partial charge in [0.25, 0.3) is 0 Å². The molecule has 6 heteroatoms. The number of carboxylic acid groups (broad SMARTS) is 1. The monoisotopic (exact) mass is 285 g/mol. The molecule has 1 aromatic carbocycles. The minimum absolute atomic E-state index is 0.0259. The maximum Gasteiger partial charge on any atom is 0.431 e. The van der Waals surface area contributed by atoms with Gasteiger partial charge in [-0.1, -0.05) is 12.1 Å². The second-order valence-corrected chi connectivity index (χ2v) is 4.80. The Hall–Kier alpha value is -1.98. The van der Waals surface area contributed by atoms with Crippen LogP contribution in [0.25, 0.3) is 10.9 Å². The smallest absolute Gasteiger partial charge is 0.431 e. The predicted molar refractivity (Wildman–Crippen MR) is 68.7 cm³/mol. The van der Waals surface area contributed by atoms with Crippen molar-refractivity contribution < 1.29 is 23.1 Å². The number of hydrogen-bond acceptors (Lipinski definition) is 1. The van der Waals surface area contributed by atoms with E-state index in [0.29, 0.717) is 10.9 Å². The van der Waals surface area contributed by atoms with Crippen LogP contribution in [-0.4, -0.2) is 16.1 Å². The number of carboxylic acids is 1. The maximum absolute atomic E-state index is 13.1. The van der Waals surface area contributed by atoms with Crippen molar-refractivity contribution >= 4 is 16.9 Å². The molecule has 0 bridgehead atoms. The number of carbonyl (C=O) groups is 1. The number of aryl methyl sites for hydroxylation is 3. The Morgan fingerprint density at radius 2 is 1.95 bits per heavy atom. The number of halogens is 3. The Kier molecular flexibility index (Phi) is 3.50. The Bertz CT molecular complexity index is 671. The molecule has 0 saturated heterocycles. The summed E-state index contributed by atoms with van der Waals surface area (Å²) in [5, 5.41) is 9.13. The van der Waals surface area contributed by atoms with Crippen LogP contribution in [0, 0.1) is 13.8 Å². The number of aromatic nitrogens is 1. The van der Waals surface area contributed by atoms with Gasteiger partial charge in [-0.2, -0.15) is 13.2 Å². The second-order valence-electron chi connectivity index (χ2n) is 4.80. The van der Waals surface area contributed by atoms with Crippen molar-refractivity contribution in [1.29, 1.82) is 0 Å². The summed E-state index contributed by atoms with van der Waals surface area (Å²) in [6, 6.07) is 3.36. The minimum Gasteiger partial charge on any atom is -0.481 e. The Balaban J connectivity index is 2.67. The molecule has 0 radical (unpaired) electrons. The normalized spacial score (nSPS) is 12.1. The molecule has 0 atom stereocenters. The minimum atomic E-state index is -4.52. The molecule has 1 aromatic heterocycles. The van der Waals surface area contributed by atoms with E-state index in [1.807, 2.05) is 6.92 Å². The first-order valence-electron chi connectivity index (χ1n) is 6.11. The van der Waals surface area contributed by atoms with Gasteiger partial charge in [0, 0.05) is 17.3 Å². The molecule has 0 aliphatic heterocycles. The number of nitrogens with one attached hydrogen (secondary N) is 1. The van der Waals surface area contributed by atoms with E-state index in [0.717, 1.165) is 11.1 Å². The van der Waals surface area contributed by atoms with E-state index in [-0.39, 0.29) is 18.4 Å². The van der Waals surface area contributed by atoms with E-state index >= 15 is 0 Å². The molecule has 0 amide bonds. The van der Waals surface area contributed by atoms with Crippen molar-refractivity contribution in [3.05, 3.63) is 34.5 Å². The highest BCUT2D eigenvalue weighted by atomic mass is 19.4. The van der Waals surface area contributed by atoms with Crippen molar-refractivity contribution in [3.8, 4) is 0 Å². The molecule has 2 rings (SSSR count). The molecule has 0 fully saturated rings. The molecule has 0 unspecified atom stereocenters. The summed E-state index contributed by atoms with van der Waals surface area (Å²) >= 11 is 0. The molecule has 0 aliphatic carbocycles. The van der Waals surface area contributed by atoms with Crippen LogP contribution in [0.15, 0.2) is 12.1 Å². The summed E-state index contributed by atoms with van der Waals surface area (Å²) in [5.74, 6) is -1.11. The average Bonchev–Trinajstić information content (AvgIpc) is 2.70. The lowest BCUT2D eigenvalue weighted by Gasteiger charge is -2.07. The van der Waals surface area contributed by atoms with Gasteiger partial charge in [-0.15, -0.1) is 0 Å². The summed E-state index contributed by atoms with van der Waals surface area (Å²) in [4.78, 5) is 13.0. The van der Waals surface area contributed by atoms with E-state index in [9.17, 15) is 18.0 Å². The molecule has 108 valence electrons. The highest BCUT2D eigenvalue weighted by Gasteiger charge is 2.36. The number of rotatable bonds is 3. The number of benzene rings is 1. The van der Waals surface area contributed by atoms with Gasteiger partial charge in [-0.05, 0) is 37.0 Å². The molecule has 0 spiro atoms. The van der Waals surface area contributed by atoms with Gasteiger partial charge in [0.2, 0.25) is 0 Å². The van der Waals surface area contributed by atoms with Crippen LogP contribution >= 0.6 is 0 Å². The maximum atomic E-state index is 13.1. The zero-order valence-corrected chi connectivity index (χ0v) is 11.1. The van der Waals surface area contributed by atoms with Gasteiger partial charge in [-0.25, -0.2) is 0 Å². The van der Waals surface area contributed by atoms with Gasteiger partial charge in [0.05, 0.1) is 0 Å². The number of alkyl halides is 3. The number of H-pyrrole nitrogens is 1. The molecule has 20 heavy (non-hydrogen) atoms. The highest BCUT2D eigenvalue weighted by Crippen LogP contribution is 2.37. The van der Waals surface area contributed by atoms with Gasteiger partial charge in [0.1, 0.15) is 5.69 Å². The Labute approximate surface area is 113 Å². The highest BCUT2D eigenvalue weighted by molar-refractivity contribution is 5.88.